The summed E-state index contributed by atoms with van der Waals surface area (Å²) < 4.78 is 3.50. The van der Waals surface area contributed by atoms with E-state index in [1.807, 2.05) is 0 Å². The largest absolute Gasteiger partial charge is 0.357 e. The number of thiocarbonyl (C=S) groups is 1. The molecule has 0 spiro atoms. The van der Waals surface area contributed by atoms with Crippen LogP contribution in [0.4, 0.5) is 0 Å². The molecular weight excluding hydrogens is 248 g/mol. The van der Waals surface area contributed by atoms with E-state index in [9.17, 15) is 4.79 Å². The minimum absolute atomic E-state index is 0.0479. The molecule has 0 amide bonds. The highest BCUT2D eigenvalue weighted by Gasteiger charge is 2.16. The molecule has 2 heterocycles. The first-order chi connectivity index (χ1) is 7.16. The fourth-order valence-corrected chi connectivity index (χ4v) is 4.04. The monoisotopic (exact) mass is 260 g/mol. The van der Waals surface area contributed by atoms with Crippen LogP contribution in [0.15, 0.2) is 15.1 Å². The first kappa shape index (κ1) is 11.2. The van der Waals surface area contributed by atoms with Crippen molar-refractivity contribution < 1.29 is 0 Å². The van der Waals surface area contributed by atoms with E-state index in [1.54, 1.807) is 17.1 Å². The molecule has 1 aromatic rings. The molecule has 1 aliphatic heterocycles. The molecule has 1 fully saturated rings. The van der Waals surface area contributed by atoms with E-state index >= 15 is 0 Å². The van der Waals surface area contributed by atoms with Gasteiger partial charge in [-0.2, -0.15) is 0 Å². The van der Waals surface area contributed by atoms with Crippen molar-refractivity contribution in [3.8, 4) is 0 Å². The van der Waals surface area contributed by atoms with Gasteiger partial charge in [0.1, 0.15) is 4.32 Å². The van der Waals surface area contributed by atoms with Gasteiger partial charge >= 0.3 is 0 Å². The molecule has 0 aromatic carbocycles. The number of likely N-dealkylation sites (tertiary alicyclic amines) is 1. The van der Waals surface area contributed by atoms with Crippen molar-refractivity contribution in [2.75, 3.05) is 13.1 Å². The van der Waals surface area contributed by atoms with Crippen LogP contribution in [0.1, 0.15) is 12.8 Å². The fourth-order valence-electron chi connectivity index (χ4n) is 1.50. The second-order valence-electron chi connectivity index (χ2n) is 3.45. The van der Waals surface area contributed by atoms with Gasteiger partial charge < -0.3 is 4.90 Å². The second-order valence-corrected chi connectivity index (χ2v) is 6.56. The molecule has 1 saturated heterocycles. The predicted molar refractivity (Wildman–Crippen MR) is 68.8 cm³/mol. The fraction of sp³-hybridized carbons (Fsp3) is 0.556. The zero-order valence-electron chi connectivity index (χ0n) is 8.43. The number of nitrogens with zero attached hydrogens (tertiary/aromatic N) is 2. The Hall–Kier alpha value is -0.330. The predicted octanol–water partition coefficient (Wildman–Crippen LogP) is 1.92. The van der Waals surface area contributed by atoms with E-state index in [2.05, 4.69) is 4.90 Å². The molecule has 1 aliphatic rings. The van der Waals surface area contributed by atoms with Crippen molar-refractivity contribution in [1.29, 1.82) is 0 Å². The van der Waals surface area contributed by atoms with Crippen molar-refractivity contribution >= 4 is 39.8 Å². The molecule has 0 unspecified atom stereocenters. The van der Waals surface area contributed by atoms with Gasteiger partial charge in [0.15, 0.2) is 0 Å². The molecule has 6 heteroatoms. The third-order valence-corrected chi connectivity index (χ3v) is 4.82. The van der Waals surface area contributed by atoms with Gasteiger partial charge in [-0.05, 0) is 36.1 Å². The Balaban J connectivity index is 2.02. The number of aryl methyl sites for hydroxylation is 1. The maximum absolute atomic E-state index is 11.2. The third-order valence-electron chi connectivity index (χ3n) is 2.33. The van der Waals surface area contributed by atoms with Gasteiger partial charge in [-0.3, -0.25) is 8.75 Å². The lowest BCUT2D eigenvalue weighted by atomic mass is 10.4. The van der Waals surface area contributed by atoms with Crippen LogP contribution in [0.3, 0.4) is 0 Å². The maximum Gasteiger partial charge on any atom is 0.261 e. The van der Waals surface area contributed by atoms with Crippen molar-refractivity contribution in [1.82, 2.24) is 8.86 Å². The average molecular weight is 260 g/mol. The highest BCUT2D eigenvalue weighted by atomic mass is 32.2. The summed E-state index contributed by atoms with van der Waals surface area (Å²) in [5.74, 6) is 0. The van der Waals surface area contributed by atoms with Crippen molar-refractivity contribution in [3.05, 3.63) is 16.4 Å². The summed E-state index contributed by atoms with van der Waals surface area (Å²) in [7, 11) is 1.77. The summed E-state index contributed by atoms with van der Waals surface area (Å²) >= 11 is 8.32. The van der Waals surface area contributed by atoms with Crippen LogP contribution in [0.25, 0.3) is 0 Å². The van der Waals surface area contributed by atoms with Crippen LogP contribution >= 0.6 is 35.5 Å². The molecule has 0 atom stereocenters. The number of thioether (sulfide) groups is 1. The molecule has 0 bridgehead atoms. The summed E-state index contributed by atoms with van der Waals surface area (Å²) in [5.41, 5.74) is 0.0479. The Morgan fingerprint density at radius 1 is 1.53 bits per heavy atom. The van der Waals surface area contributed by atoms with Crippen LogP contribution in [0.2, 0.25) is 0 Å². The zero-order valence-corrected chi connectivity index (χ0v) is 10.9. The van der Waals surface area contributed by atoms with Gasteiger partial charge in [-0.15, -0.1) is 0 Å². The normalized spacial score (nSPS) is 15.9. The highest BCUT2D eigenvalue weighted by molar-refractivity contribution is 8.23. The van der Waals surface area contributed by atoms with Gasteiger partial charge in [0.25, 0.3) is 5.56 Å². The van der Waals surface area contributed by atoms with Crippen LogP contribution in [-0.4, -0.2) is 26.3 Å². The van der Waals surface area contributed by atoms with Crippen molar-refractivity contribution in [3.63, 3.8) is 0 Å². The van der Waals surface area contributed by atoms with Crippen LogP contribution in [0, 0.1) is 0 Å². The molecule has 3 nitrogen and oxygen atoms in total. The van der Waals surface area contributed by atoms with Crippen LogP contribution in [0.5, 0.6) is 0 Å². The quantitative estimate of drug-likeness (QED) is 0.569. The average Bonchev–Trinajstić information content (AvgIpc) is 2.77. The lowest BCUT2D eigenvalue weighted by Crippen LogP contribution is -2.22. The Kier molecular flexibility index (Phi) is 3.48. The minimum Gasteiger partial charge on any atom is -0.357 e. The zero-order chi connectivity index (χ0) is 10.8. The summed E-state index contributed by atoms with van der Waals surface area (Å²) in [4.78, 5) is 13.5. The van der Waals surface area contributed by atoms with Crippen LogP contribution in [-0.2, 0) is 7.05 Å². The van der Waals surface area contributed by atoms with E-state index in [0.29, 0.717) is 0 Å². The summed E-state index contributed by atoms with van der Waals surface area (Å²) in [6.07, 6.45) is 2.46. The molecule has 0 aliphatic carbocycles. The summed E-state index contributed by atoms with van der Waals surface area (Å²) in [5, 5.41) is 0. The van der Waals surface area contributed by atoms with Gasteiger partial charge in [0, 0.05) is 26.2 Å². The van der Waals surface area contributed by atoms with Gasteiger partial charge in [0.2, 0.25) is 0 Å². The molecule has 0 N–H and O–H groups in total. The smallest absolute Gasteiger partial charge is 0.261 e. The molecule has 0 radical (unpaired) electrons. The Labute approximate surface area is 102 Å². The Bertz CT molecular complexity index is 417. The topological polar surface area (TPSA) is 25.2 Å². The highest BCUT2D eigenvalue weighted by Crippen LogP contribution is 2.26. The first-order valence-corrected chi connectivity index (χ1v) is 6.81. The first-order valence-electron chi connectivity index (χ1n) is 4.81. The lowest BCUT2D eigenvalue weighted by Gasteiger charge is -2.16. The maximum atomic E-state index is 11.2. The molecule has 0 saturated carbocycles. The van der Waals surface area contributed by atoms with E-state index < -0.39 is 0 Å². The molecule has 15 heavy (non-hydrogen) atoms. The third kappa shape index (κ3) is 2.62. The second kappa shape index (κ2) is 4.67. The van der Waals surface area contributed by atoms with E-state index in [0.717, 1.165) is 21.6 Å². The van der Waals surface area contributed by atoms with Gasteiger partial charge in [-0.1, -0.05) is 12.2 Å². The van der Waals surface area contributed by atoms with Crippen molar-refractivity contribution in [2.45, 2.75) is 17.1 Å². The lowest BCUT2D eigenvalue weighted by molar-refractivity contribution is 0.539. The summed E-state index contributed by atoms with van der Waals surface area (Å²) in [6.45, 7) is 2.13. The standard InChI is InChI=1S/C9H12N2OS3/c1-10-7(12)6-8(15-10)14-9(13)11-4-2-3-5-11/h6H,2-5H2,1H3. The molecule has 2 rings (SSSR count). The van der Waals surface area contributed by atoms with Crippen LogP contribution < -0.4 is 5.56 Å². The number of aromatic nitrogens is 1. The Morgan fingerprint density at radius 2 is 2.20 bits per heavy atom. The van der Waals surface area contributed by atoms with E-state index in [1.165, 1.54) is 36.1 Å². The number of hydrogen-bond donors (Lipinski definition) is 0. The van der Waals surface area contributed by atoms with Crippen molar-refractivity contribution in [2.24, 2.45) is 7.05 Å². The van der Waals surface area contributed by atoms with E-state index in [4.69, 9.17) is 12.2 Å². The molecular formula is C9H12N2OS3. The molecule has 82 valence electrons. The minimum atomic E-state index is 0.0479. The number of rotatable bonds is 1. The van der Waals surface area contributed by atoms with E-state index in [-0.39, 0.29) is 5.56 Å². The Morgan fingerprint density at radius 3 is 2.73 bits per heavy atom. The number of hydrogen-bond acceptors (Lipinski definition) is 4. The SMILES string of the molecule is Cn1sc(SC(=S)N2CCCC2)cc1=O. The van der Waals surface area contributed by atoms with Gasteiger partial charge in [0.05, 0.1) is 4.21 Å². The van der Waals surface area contributed by atoms with Gasteiger partial charge in [-0.25, -0.2) is 0 Å². The summed E-state index contributed by atoms with van der Waals surface area (Å²) in [6, 6.07) is 1.65. The molecule has 1 aromatic heterocycles.